The quantitative estimate of drug-likeness (QED) is 0.747. The predicted molar refractivity (Wildman–Crippen MR) is 69.5 cm³/mol. The molecule has 3 rings (SSSR count). The topological polar surface area (TPSA) is 20.3 Å². The highest BCUT2D eigenvalue weighted by molar-refractivity contribution is 6.30. The lowest BCUT2D eigenvalue weighted by atomic mass is 9.83. The number of amides is 1. The molecule has 2 nitrogen and oxygen atoms in total. The van der Waals surface area contributed by atoms with E-state index in [1.54, 1.807) is 0 Å². The van der Waals surface area contributed by atoms with Gasteiger partial charge in [0.2, 0.25) is 5.91 Å². The van der Waals surface area contributed by atoms with Crippen molar-refractivity contribution in [3.8, 4) is 0 Å². The number of anilines is 1. The Balaban J connectivity index is 1.90. The van der Waals surface area contributed by atoms with Crippen molar-refractivity contribution in [3.63, 3.8) is 0 Å². The number of nitrogens with zero attached hydrogens (tertiary/aromatic N) is 1. The zero-order chi connectivity index (χ0) is 11.8. The van der Waals surface area contributed by atoms with Crippen molar-refractivity contribution < 1.29 is 4.79 Å². The lowest BCUT2D eigenvalue weighted by molar-refractivity contribution is -0.124. The molecule has 2 aliphatic rings. The molecule has 1 aliphatic heterocycles. The molecule has 1 aromatic carbocycles. The predicted octanol–water partition coefficient (Wildman–Crippen LogP) is 3.42. The van der Waals surface area contributed by atoms with E-state index in [1.165, 1.54) is 12.0 Å². The molecule has 1 amide bonds. The molecule has 1 aliphatic carbocycles. The van der Waals surface area contributed by atoms with E-state index >= 15 is 0 Å². The first-order valence-electron chi connectivity index (χ1n) is 6.35. The van der Waals surface area contributed by atoms with Gasteiger partial charge in [0.05, 0.1) is 0 Å². The highest BCUT2D eigenvalue weighted by Crippen LogP contribution is 2.34. The molecule has 0 aromatic heterocycles. The number of carbonyl (C=O) groups excluding carboxylic acids is 1. The summed E-state index contributed by atoms with van der Waals surface area (Å²) in [6, 6.07) is 5.87. The summed E-state index contributed by atoms with van der Waals surface area (Å²) in [5.41, 5.74) is 2.30. The lowest BCUT2D eigenvalue weighted by Crippen LogP contribution is -2.41. The van der Waals surface area contributed by atoms with E-state index < -0.39 is 0 Å². The molecule has 0 unspecified atom stereocenters. The third kappa shape index (κ3) is 1.95. The normalized spacial score (nSPS) is 19.7. The van der Waals surface area contributed by atoms with Crippen molar-refractivity contribution in [3.05, 3.63) is 28.8 Å². The maximum atomic E-state index is 12.3. The average molecular weight is 250 g/mol. The number of hydrogen-bond acceptors (Lipinski definition) is 1. The van der Waals surface area contributed by atoms with Crippen LogP contribution in [0.5, 0.6) is 0 Å². The summed E-state index contributed by atoms with van der Waals surface area (Å²) in [5, 5.41) is 0.765. The van der Waals surface area contributed by atoms with E-state index in [0.29, 0.717) is 5.91 Å². The van der Waals surface area contributed by atoms with E-state index in [-0.39, 0.29) is 5.92 Å². The van der Waals surface area contributed by atoms with Crippen molar-refractivity contribution in [1.29, 1.82) is 0 Å². The smallest absolute Gasteiger partial charge is 0.230 e. The van der Waals surface area contributed by atoms with Gasteiger partial charge in [-0.15, -0.1) is 0 Å². The highest BCUT2D eigenvalue weighted by atomic mass is 35.5. The molecule has 0 N–H and O–H groups in total. The van der Waals surface area contributed by atoms with E-state index in [2.05, 4.69) is 0 Å². The van der Waals surface area contributed by atoms with Crippen LogP contribution >= 0.6 is 11.6 Å². The summed E-state index contributed by atoms with van der Waals surface area (Å²) in [6.07, 6.45) is 5.42. The van der Waals surface area contributed by atoms with E-state index in [9.17, 15) is 4.79 Å². The van der Waals surface area contributed by atoms with Gasteiger partial charge >= 0.3 is 0 Å². The molecule has 0 saturated heterocycles. The molecule has 0 bridgehead atoms. The van der Waals surface area contributed by atoms with Crippen molar-refractivity contribution in [2.45, 2.75) is 32.1 Å². The van der Waals surface area contributed by atoms with Gasteiger partial charge in [-0.1, -0.05) is 18.0 Å². The van der Waals surface area contributed by atoms with Crippen molar-refractivity contribution in [2.75, 3.05) is 11.4 Å². The average Bonchev–Trinajstić information content (AvgIpc) is 2.25. The molecule has 1 aromatic rings. The second kappa shape index (κ2) is 4.34. The van der Waals surface area contributed by atoms with Crippen LogP contribution in [0.2, 0.25) is 5.02 Å². The first kappa shape index (κ1) is 11.1. The van der Waals surface area contributed by atoms with E-state index in [0.717, 1.165) is 42.9 Å². The Morgan fingerprint density at radius 3 is 2.82 bits per heavy atom. The Morgan fingerprint density at radius 1 is 1.29 bits per heavy atom. The fourth-order valence-corrected chi connectivity index (χ4v) is 2.86. The van der Waals surface area contributed by atoms with Crippen LogP contribution in [0.4, 0.5) is 5.69 Å². The van der Waals surface area contributed by atoms with Gasteiger partial charge in [0, 0.05) is 23.2 Å². The maximum Gasteiger partial charge on any atom is 0.230 e. The van der Waals surface area contributed by atoms with E-state index in [1.807, 2.05) is 23.1 Å². The van der Waals surface area contributed by atoms with Gasteiger partial charge in [-0.25, -0.2) is 0 Å². The van der Waals surface area contributed by atoms with Crippen LogP contribution in [0.15, 0.2) is 18.2 Å². The number of hydrogen-bond donors (Lipinski definition) is 0. The molecule has 1 saturated carbocycles. The minimum atomic E-state index is 0.275. The van der Waals surface area contributed by atoms with Gasteiger partial charge in [-0.05, 0) is 49.4 Å². The first-order valence-corrected chi connectivity index (χ1v) is 6.73. The minimum Gasteiger partial charge on any atom is -0.312 e. The Kier molecular flexibility index (Phi) is 2.83. The van der Waals surface area contributed by atoms with E-state index in [4.69, 9.17) is 11.6 Å². The SMILES string of the molecule is O=C(C1CCC1)N1CCCc2cc(Cl)ccc21. The molecule has 17 heavy (non-hydrogen) atoms. The Labute approximate surface area is 107 Å². The van der Waals surface area contributed by atoms with Crippen LogP contribution in [-0.2, 0) is 11.2 Å². The van der Waals surface area contributed by atoms with Gasteiger partial charge < -0.3 is 4.90 Å². The van der Waals surface area contributed by atoms with Gasteiger partial charge in [0.1, 0.15) is 0 Å². The molecular weight excluding hydrogens is 234 g/mol. The van der Waals surface area contributed by atoms with Crippen LogP contribution in [0.3, 0.4) is 0 Å². The van der Waals surface area contributed by atoms with Gasteiger partial charge in [-0.3, -0.25) is 4.79 Å². The third-order valence-electron chi connectivity index (χ3n) is 3.88. The molecule has 0 atom stereocenters. The third-order valence-corrected chi connectivity index (χ3v) is 4.12. The largest absolute Gasteiger partial charge is 0.312 e. The van der Waals surface area contributed by atoms with Gasteiger partial charge in [0.15, 0.2) is 0 Å². The summed E-state index contributed by atoms with van der Waals surface area (Å²) < 4.78 is 0. The first-order chi connectivity index (χ1) is 8.25. The standard InChI is InChI=1S/C14H16ClNO/c15-12-6-7-13-11(9-12)5-2-8-16(13)14(17)10-3-1-4-10/h6-7,9-10H,1-5,8H2. The Bertz CT molecular complexity index is 454. The van der Waals surface area contributed by atoms with Crippen molar-refractivity contribution in [1.82, 2.24) is 0 Å². The van der Waals surface area contributed by atoms with Crippen molar-refractivity contribution >= 4 is 23.2 Å². The number of rotatable bonds is 1. The second-order valence-corrected chi connectivity index (χ2v) is 5.43. The zero-order valence-electron chi connectivity index (χ0n) is 9.79. The highest BCUT2D eigenvalue weighted by Gasteiger charge is 2.32. The summed E-state index contributed by atoms with van der Waals surface area (Å²) in [6.45, 7) is 0.865. The number of fused-ring (bicyclic) bond motifs is 1. The second-order valence-electron chi connectivity index (χ2n) is 4.99. The van der Waals surface area contributed by atoms with Crippen LogP contribution < -0.4 is 4.90 Å². The maximum absolute atomic E-state index is 12.3. The molecular formula is C14H16ClNO. The monoisotopic (exact) mass is 249 g/mol. The molecule has 90 valence electrons. The number of halogens is 1. The summed E-state index contributed by atoms with van der Waals surface area (Å²) in [4.78, 5) is 14.3. The molecule has 0 spiro atoms. The number of benzene rings is 1. The number of aryl methyl sites for hydroxylation is 1. The van der Waals surface area contributed by atoms with Crippen LogP contribution in [-0.4, -0.2) is 12.5 Å². The fraction of sp³-hybridized carbons (Fsp3) is 0.500. The minimum absolute atomic E-state index is 0.275. The van der Waals surface area contributed by atoms with Crippen LogP contribution in [0.1, 0.15) is 31.2 Å². The fourth-order valence-electron chi connectivity index (χ4n) is 2.67. The lowest BCUT2D eigenvalue weighted by Gasteiger charge is -2.35. The molecule has 3 heteroatoms. The van der Waals surface area contributed by atoms with Gasteiger partial charge in [0.25, 0.3) is 0 Å². The zero-order valence-corrected chi connectivity index (χ0v) is 10.5. The van der Waals surface area contributed by atoms with Crippen LogP contribution in [0, 0.1) is 5.92 Å². The summed E-state index contributed by atoms with van der Waals surface area (Å²) in [5.74, 6) is 0.594. The molecule has 0 radical (unpaired) electrons. The Morgan fingerprint density at radius 2 is 2.12 bits per heavy atom. The molecule has 1 fully saturated rings. The van der Waals surface area contributed by atoms with Gasteiger partial charge in [-0.2, -0.15) is 0 Å². The van der Waals surface area contributed by atoms with Crippen LogP contribution in [0.25, 0.3) is 0 Å². The number of carbonyl (C=O) groups is 1. The summed E-state index contributed by atoms with van der Waals surface area (Å²) in [7, 11) is 0. The van der Waals surface area contributed by atoms with Crippen molar-refractivity contribution in [2.24, 2.45) is 5.92 Å². The molecule has 1 heterocycles. The summed E-state index contributed by atoms with van der Waals surface area (Å²) >= 11 is 6.00. The Hall–Kier alpha value is -1.02.